The third-order valence-corrected chi connectivity index (χ3v) is 4.59. The van der Waals surface area contributed by atoms with Crippen molar-refractivity contribution in [2.75, 3.05) is 37.9 Å². The Balaban J connectivity index is 1.28. The van der Waals surface area contributed by atoms with E-state index in [0.29, 0.717) is 19.6 Å². The van der Waals surface area contributed by atoms with Gasteiger partial charge in [-0.3, -0.25) is 0 Å². The van der Waals surface area contributed by atoms with Crippen LogP contribution in [0.2, 0.25) is 0 Å². The molecule has 1 fully saturated rings. The molecule has 1 aromatic heterocycles. The number of piperazine rings is 1. The minimum Gasteiger partial charge on any atom is -0.454 e. The number of hydrogen-bond donors (Lipinski definition) is 1. The normalized spacial score (nSPS) is 16.3. The van der Waals surface area contributed by atoms with Gasteiger partial charge in [-0.25, -0.2) is 4.79 Å². The summed E-state index contributed by atoms with van der Waals surface area (Å²) in [5.74, 6) is 2.37. The van der Waals surface area contributed by atoms with Gasteiger partial charge < -0.3 is 24.6 Å². The predicted octanol–water partition coefficient (Wildman–Crippen LogP) is 1.30. The van der Waals surface area contributed by atoms with E-state index in [1.54, 1.807) is 6.20 Å². The predicted molar refractivity (Wildman–Crippen MR) is 88.5 cm³/mol. The standard InChI is InChI=1S/C15H17N5O3S/c21-15(16-8-11-1-2-12-13(7-11)23-10-22-12)20-5-3-19(4-6-20)14-9-17-24-18-14/h1-2,7,9H,3-6,8,10H2,(H,16,21). The summed E-state index contributed by atoms with van der Waals surface area (Å²) in [7, 11) is 0. The number of nitrogens with zero attached hydrogens (tertiary/aromatic N) is 4. The Morgan fingerprint density at radius 1 is 1.21 bits per heavy atom. The molecule has 0 saturated carbocycles. The van der Waals surface area contributed by atoms with Crippen LogP contribution in [-0.2, 0) is 6.54 Å². The number of anilines is 1. The third kappa shape index (κ3) is 3.07. The molecule has 1 N–H and O–H groups in total. The van der Waals surface area contributed by atoms with E-state index >= 15 is 0 Å². The fourth-order valence-corrected chi connectivity index (χ4v) is 3.21. The Labute approximate surface area is 143 Å². The van der Waals surface area contributed by atoms with Crippen molar-refractivity contribution in [1.29, 1.82) is 0 Å². The number of ether oxygens (including phenoxy) is 2. The van der Waals surface area contributed by atoms with Crippen molar-refractivity contribution < 1.29 is 14.3 Å². The minimum absolute atomic E-state index is 0.0521. The maximum Gasteiger partial charge on any atom is 0.317 e. The first kappa shape index (κ1) is 15.0. The molecular formula is C15H17N5O3S. The number of hydrogen-bond acceptors (Lipinski definition) is 7. The summed E-state index contributed by atoms with van der Waals surface area (Å²) in [6, 6.07) is 5.64. The van der Waals surface area contributed by atoms with Gasteiger partial charge in [0.05, 0.1) is 17.9 Å². The van der Waals surface area contributed by atoms with Crippen molar-refractivity contribution in [1.82, 2.24) is 19.0 Å². The lowest BCUT2D eigenvalue weighted by Gasteiger charge is -2.34. The molecule has 1 aromatic carbocycles. The third-order valence-electron chi connectivity index (χ3n) is 4.12. The Hall–Kier alpha value is -2.55. The second kappa shape index (κ2) is 6.52. The van der Waals surface area contributed by atoms with Gasteiger partial charge >= 0.3 is 6.03 Å². The average Bonchev–Trinajstić information content (AvgIpc) is 3.31. The largest absolute Gasteiger partial charge is 0.454 e. The number of nitrogens with one attached hydrogen (secondary N) is 1. The first-order valence-electron chi connectivity index (χ1n) is 7.73. The van der Waals surface area contributed by atoms with E-state index < -0.39 is 0 Å². The molecule has 126 valence electrons. The maximum atomic E-state index is 12.3. The summed E-state index contributed by atoms with van der Waals surface area (Å²) in [6.07, 6.45) is 1.76. The molecule has 8 nitrogen and oxygen atoms in total. The molecule has 2 amide bonds. The Bertz CT molecular complexity index is 716. The topological polar surface area (TPSA) is 79.8 Å². The summed E-state index contributed by atoms with van der Waals surface area (Å²) >= 11 is 1.20. The molecule has 1 saturated heterocycles. The van der Waals surface area contributed by atoms with Gasteiger partial charge in [0.15, 0.2) is 17.3 Å². The minimum atomic E-state index is -0.0521. The van der Waals surface area contributed by atoms with Crippen molar-refractivity contribution in [2.24, 2.45) is 0 Å². The number of rotatable bonds is 3. The molecule has 9 heteroatoms. The van der Waals surface area contributed by atoms with Crippen LogP contribution in [0.5, 0.6) is 11.5 Å². The van der Waals surface area contributed by atoms with Gasteiger partial charge in [-0.05, 0) is 17.7 Å². The highest BCUT2D eigenvalue weighted by Crippen LogP contribution is 2.32. The van der Waals surface area contributed by atoms with Gasteiger partial charge in [-0.1, -0.05) is 6.07 Å². The molecule has 0 unspecified atom stereocenters. The molecule has 0 bridgehead atoms. The van der Waals surface area contributed by atoms with E-state index in [0.717, 1.165) is 36.0 Å². The van der Waals surface area contributed by atoms with Crippen LogP contribution in [0.15, 0.2) is 24.4 Å². The molecule has 0 atom stereocenters. The van der Waals surface area contributed by atoms with Gasteiger partial charge in [0.2, 0.25) is 6.79 Å². The summed E-state index contributed by atoms with van der Waals surface area (Å²) in [6.45, 7) is 3.59. The molecule has 2 aliphatic heterocycles. The number of aromatic nitrogens is 2. The SMILES string of the molecule is O=C(NCc1ccc2c(c1)OCO2)N1CCN(c2cnsn2)CC1. The monoisotopic (exact) mass is 347 g/mol. The first-order valence-corrected chi connectivity index (χ1v) is 8.46. The molecule has 0 aliphatic carbocycles. The number of amides is 2. The zero-order valence-electron chi connectivity index (χ0n) is 13.0. The summed E-state index contributed by atoms with van der Waals surface area (Å²) in [4.78, 5) is 16.3. The highest BCUT2D eigenvalue weighted by atomic mass is 32.1. The van der Waals surface area contributed by atoms with E-state index in [4.69, 9.17) is 9.47 Å². The molecular weight excluding hydrogens is 330 g/mol. The van der Waals surface area contributed by atoms with Crippen LogP contribution in [0.25, 0.3) is 0 Å². The molecule has 4 rings (SSSR count). The lowest BCUT2D eigenvalue weighted by Crippen LogP contribution is -2.51. The average molecular weight is 347 g/mol. The fraction of sp³-hybridized carbons (Fsp3) is 0.400. The maximum absolute atomic E-state index is 12.3. The Morgan fingerprint density at radius 2 is 2.04 bits per heavy atom. The highest BCUT2D eigenvalue weighted by Gasteiger charge is 2.22. The van der Waals surface area contributed by atoms with Crippen LogP contribution in [0.3, 0.4) is 0 Å². The Morgan fingerprint density at radius 3 is 2.83 bits per heavy atom. The first-order chi connectivity index (χ1) is 11.8. The fourth-order valence-electron chi connectivity index (χ4n) is 2.78. The molecule has 3 heterocycles. The van der Waals surface area contributed by atoms with E-state index in [2.05, 4.69) is 19.0 Å². The van der Waals surface area contributed by atoms with E-state index in [1.165, 1.54) is 11.7 Å². The zero-order chi connectivity index (χ0) is 16.4. The lowest BCUT2D eigenvalue weighted by atomic mass is 10.2. The second-order valence-corrected chi connectivity index (χ2v) is 6.14. The lowest BCUT2D eigenvalue weighted by molar-refractivity contribution is 0.174. The molecule has 24 heavy (non-hydrogen) atoms. The van der Waals surface area contributed by atoms with Crippen LogP contribution in [0.4, 0.5) is 10.6 Å². The van der Waals surface area contributed by atoms with Gasteiger partial charge in [0.25, 0.3) is 0 Å². The van der Waals surface area contributed by atoms with Crippen LogP contribution in [0, 0.1) is 0 Å². The van der Waals surface area contributed by atoms with Crippen molar-refractivity contribution in [3.8, 4) is 11.5 Å². The van der Waals surface area contributed by atoms with E-state index in [1.807, 2.05) is 23.1 Å². The van der Waals surface area contributed by atoms with Crippen molar-refractivity contribution in [2.45, 2.75) is 6.54 Å². The zero-order valence-corrected chi connectivity index (χ0v) is 13.8. The molecule has 2 aromatic rings. The van der Waals surface area contributed by atoms with Gasteiger partial charge in [0, 0.05) is 32.7 Å². The quantitative estimate of drug-likeness (QED) is 0.901. The Kier molecular flexibility index (Phi) is 4.08. The van der Waals surface area contributed by atoms with Crippen LogP contribution in [-0.4, -0.2) is 52.7 Å². The van der Waals surface area contributed by atoms with Crippen LogP contribution in [0.1, 0.15) is 5.56 Å². The molecule has 0 radical (unpaired) electrons. The van der Waals surface area contributed by atoms with Gasteiger partial charge in [0.1, 0.15) is 0 Å². The second-order valence-electron chi connectivity index (χ2n) is 5.59. The summed E-state index contributed by atoms with van der Waals surface area (Å²) in [5.41, 5.74) is 0.986. The highest BCUT2D eigenvalue weighted by molar-refractivity contribution is 6.99. The van der Waals surface area contributed by atoms with Crippen molar-refractivity contribution in [3.63, 3.8) is 0 Å². The van der Waals surface area contributed by atoms with Crippen molar-refractivity contribution >= 4 is 23.6 Å². The number of benzene rings is 1. The van der Waals surface area contributed by atoms with Crippen molar-refractivity contribution in [3.05, 3.63) is 30.0 Å². The van der Waals surface area contributed by atoms with E-state index in [9.17, 15) is 4.79 Å². The van der Waals surface area contributed by atoms with Gasteiger partial charge in [-0.15, -0.1) is 0 Å². The molecule has 2 aliphatic rings. The van der Waals surface area contributed by atoms with Crippen LogP contribution >= 0.6 is 11.7 Å². The summed E-state index contributed by atoms with van der Waals surface area (Å²) in [5, 5.41) is 2.96. The summed E-state index contributed by atoms with van der Waals surface area (Å²) < 4.78 is 18.9. The van der Waals surface area contributed by atoms with Crippen LogP contribution < -0.4 is 19.7 Å². The smallest absolute Gasteiger partial charge is 0.317 e. The molecule has 0 spiro atoms. The number of carbonyl (C=O) groups excluding carboxylic acids is 1. The number of fused-ring (bicyclic) bond motifs is 1. The van der Waals surface area contributed by atoms with Gasteiger partial charge in [-0.2, -0.15) is 8.75 Å². The number of urea groups is 1. The van der Waals surface area contributed by atoms with E-state index in [-0.39, 0.29) is 12.8 Å². The number of carbonyl (C=O) groups is 1.